The number of aliphatic hydroxyl groups is 4. The van der Waals surface area contributed by atoms with Gasteiger partial charge in [-0.2, -0.15) is 12.6 Å². The molecule has 0 aliphatic carbocycles. The fraction of sp³-hybridized carbons (Fsp3) is 0.889. The highest BCUT2D eigenvalue weighted by atomic mass is 32.1. The van der Waals surface area contributed by atoms with E-state index >= 15 is 0 Å². The van der Waals surface area contributed by atoms with E-state index in [1.54, 1.807) is 0 Å². The Balaban J connectivity index is 2.63. The Labute approximate surface area is 104 Å². The van der Waals surface area contributed by atoms with Gasteiger partial charge in [-0.1, -0.05) is 0 Å². The second-order valence-electron chi connectivity index (χ2n) is 3.80. The van der Waals surface area contributed by atoms with E-state index in [2.05, 4.69) is 17.9 Å². The Kier molecular flexibility index (Phi) is 5.63. The van der Waals surface area contributed by atoms with Crippen molar-refractivity contribution in [2.24, 2.45) is 0 Å². The van der Waals surface area contributed by atoms with Crippen LogP contribution in [0.1, 0.15) is 6.42 Å². The molecule has 17 heavy (non-hydrogen) atoms. The minimum Gasteiger partial charge on any atom is -0.394 e. The molecule has 1 aliphatic heterocycles. The number of hydrogen-bond acceptors (Lipinski definition) is 7. The van der Waals surface area contributed by atoms with Gasteiger partial charge >= 0.3 is 0 Å². The van der Waals surface area contributed by atoms with E-state index in [1.807, 2.05) is 0 Å². The topological polar surface area (TPSA) is 119 Å². The quantitative estimate of drug-likeness (QED) is 0.307. The molecule has 1 unspecified atom stereocenters. The first-order valence-electron chi connectivity index (χ1n) is 5.22. The number of ether oxygens (including phenoxy) is 1. The van der Waals surface area contributed by atoms with Gasteiger partial charge in [0, 0.05) is 6.42 Å². The summed E-state index contributed by atoms with van der Waals surface area (Å²) in [6, 6.07) is -1.12. The first-order chi connectivity index (χ1) is 8.01. The van der Waals surface area contributed by atoms with Crippen LogP contribution in [0.3, 0.4) is 0 Å². The monoisotopic (exact) mass is 267 g/mol. The van der Waals surface area contributed by atoms with Crippen LogP contribution in [0.2, 0.25) is 0 Å². The molecule has 5 atom stereocenters. The fourth-order valence-corrected chi connectivity index (χ4v) is 1.82. The van der Waals surface area contributed by atoms with Crippen molar-refractivity contribution in [2.45, 2.75) is 37.1 Å². The molecule has 1 saturated heterocycles. The smallest absolute Gasteiger partial charge is 0.221 e. The summed E-state index contributed by atoms with van der Waals surface area (Å²) in [7, 11) is 0. The summed E-state index contributed by atoms with van der Waals surface area (Å²) in [5, 5.41) is 40.0. The predicted molar refractivity (Wildman–Crippen MR) is 60.4 cm³/mol. The molecule has 1 amide bonds. The molecular weight excluding hydrogens is 250 g/mol. The predicted octanol–water partition coefficient (Wildman–Crippen LogP) is -2.78. The van der Waals surface area contributed by atoms with Gasteiger partial charge in [0.15, 0.2) is 6.29 Å². The standard InChI is InChI=1S/C9H17NO6S/c11-3-4-7(13)8(14)6(9(15)16-4)10-5(12)1-2-17/h4,6-9,11,13-15,17H,1-3H2,(H,10,12)/t4-,6-,7-,8-,9?/m1/s1. The number of aliphatic hydroxyl groups excluding tert-OH is 4. The Morgan fingerprint density at radius 2 is 1.94 bits per heavy atom. The zero-order valence-corrected chi connectivity index (χ0v) is 9.96. The van der Waals surface area contributed by atoms with Crippen LogP contribution in [0.4, 0.5) is 0 Å². The molecule has 1 aliphatic rings. The molecule has 8 heteroatoms. The van der Waals surface area contributed by atoms with Crippen LogP contribution in [0.15, 0.2) is 0 Å². The highest BCUT2D eigenvalue weighted by Gasteiger charge is 2.44. The molecule has 0 aromatic heterocycles. The van der Waals surface area contributed by atoms with E-state index < -0.39 is 43.2 Å². The third-order valence-corrected chi connectivity index (χ3v) is 2.79. The number of nitrogens with one attached hydrogen (secondary N) is 1. The summed E-state index contributed by atoms with van der Waals surface area (Å²) in [5.41, 5.74) is 0. The summed E-state index contributed by atoms with van der Waals surface area (Å²) < 4.78 is 4.87. The summed E-state index contributed by atoms with van der Waals surface area (Å²) in [6.45, 7) is -0.535. The molecule has 100 valence electrons. The van der Waals surface area contributed by atoms with Gasteiger partial charge in [-0.25, -0.2) is 0 Å². The lowest BCUT2D eigenvalue weighted by Gasteiger charge is -2.40. The molecule has 1 fully saturated rings. The maximum Gasteiger partial charge on any atom is 0.221 e. The van der Waals surface area contributed by atoms with Crippen LogP contribution >= 0.6 is 12.6 Å². The van der Waals surface area contributed by atoms with Crippen LogP contribution < -0.4 is 5.32 Å². The molecule has 7 nitrogen and oxygen atoms in total. The van der Waals surface area contributed by atoms with E-state index in [-0.39, 0.29) is 6.42 Å². The number of rotatable bonds is 4. The van der Waals surface area contributed by atoms with Crippen molar-refractivity contribution < 1.29 is 30.0 Å². The van der Waals surface area contributed by atoms with Gasteiger partial charge in [-0.05, 0) is 5.75 Å². The minimum absolute atomic E-state index is 0.124. The summed E-state index contributed by atoms with van der Waals surface area (Å²) in [5.74, 6) is -0.0886. The molecule has 1 heterocycles. The molecule has 0 saturated carbocycles. The Hall–Kier alpha value is -0.380. The van der Waals surface area contributed by atoms with Crippen molar-refractivity contribution in [2.75, 3.05) is 12.4 Å². The van der Waals surface area contributed by atoms with E-state index in [1.165, 1.54) is 0 Å². The van der Waals surface area contributed by atoms with Crippen LogP contribution in [0.5, 0.6) is 0 Å². The maximum absolute atomic E-state index is 11.3. The normalized spacial score (nSPS) is 37.8. The van der Waals surface area contributed by atoms with Crippen LogP contribution in [-0.2, 0) is 9.53 Å². The molecule has 0 aromatic carbocycles. The van der Waals surface area contributed by atoms with Crippen LogP contribution in [0, 0.1) is 0 Å². The van der Waals surface area contributed by atoms with Gasteiger partial charge in [0.25, 0.3) is 0 Å². The lowest BCUT2D eigenvalue weighted by molar-refractivity contribution is -0.253. The molecule has 0 radical (unpaired) electrons. The average Bonchev–Trinajstić information content (AvgIpc) is 2.29. The van der Waals surface area contributed by atoms with E-state index in [0.717, 1.165) is 0 Å². The zero-order valence-electron chi connectivity index (χ0n) is 9.06. The molecule has 0 aromatic rings. The first kappa shape index (κ1) is 14.7. The van der Waals surface area contributed by atoms with Crippen molar-refractivity contribution in [3.05, 3.63) is 0 Å². The number of carbonyl (C=O) groups excluding carboxylic acids is 1. The van der Waals surface area contributed by atoms with Gasteiger partial charge < -0.3 is 30.5 Å². The number of carbonyl (C=O) groups is 1. The molecule has 5 N–H and O–H groups in total. The summed E-state index contributed by atoms with van der Waals surface area (Å²) in [4.78, 5) is 11.3. The van der Waals surface area contributed by atoms with Crippen LogP contribution in [-0.4, -0.2) is 69.3 Å². The van der Waals surface area contributed by atoms with E-state index in [9.17, 15) is 20.1 Å². The third kappa shape index (κ3) is 3.54. The zero-order chi connectivity index (χ0) is 13.0. The minimum atomic E-state index is -1.48. The van der Waals surface area contributed by atoms with Gasteiger partial charge in [-0.15, -0.1) is 0 Å². The first-order valence-corrected chi connectivity index (χ1v) is 5.85. The van der Waals surface area contributed by atoms with Crippen molar-refractivity contribution in [1.29, 1.82) is 0 Å². The van der Waals surface area contributed by atoms with Gasteiger partial charge in [0.05, 0.1) is 6.61 Å². The number of hydrogen-bond donors (Lipinski definition) is 6. The van der Waals surface area contributed by atoms with E-state index in [4.69, 9.17) is 9.84 Å². The molecule has 0 spiro atoms. The third-order valence-electron chi connectivity index (χ3n) is 2.57. The fourth-order valence-electron chi connectivity index (χ4n) is 1.61. The Bertz CT molecular complexity index is 266. The second kappa shape index (κ2) is 6.53. The lowest BCUT2D eigenvalue weighted by Crippen LogP contribution is -2.64. The lowest BCUT2D eigenvalue weighted by atomic mass is 9.97. The van der Waals surface area contributed by atoms with Crippen molar-refractivity contribution >= 4 is 18.5 Å². The van der Waals surface area contributed by atoms with E-state index in [0.29, 0.717) is 5.75 Å². The average molecular weight is 267 g/mol. The SMILES string of the molecule is O=C(CCS)N[C@H]1C(O)O[C@H](CO)[C@@H](O)[C@@H]1O. The van der Waals surface area contributed by atoms with Crippen molar-refractivity contribution in [3.63, 3.8) is 0 Å². The highest BCUT2D eigenvalue weighted by molar-refractivity contribution is 7.80. The Morgan fingerprint density at radius 3 is 2.47 bits per heavy atom. The largest absolute Gasteiger partial charge is 0.394 e. The highest BCUT2D eigenvalue weighted by Crippen LogP contribution is 2.19. The summed E-state index contributed by atoms with van der Waals surface area (Å²) >= 11 is 3.87. The molecule has 0 bridgehead atoms. The molecular formula is C9H17NO6S. The van der Waals surface area contributed by atoms with Crippen LogP contribution in [0.25, 0.3) is 0 Å². The van der Waals surface area contributed by atoms with Crippen molar-refractivity contribution in [3.8, 4) is 0 Å². The van der Waals surface area contributed by atoms with Crippen molar-refractivity contribution in [1.82, 2.24) is 5.32 Å². The van der Waals surface area contributed by atoms with Gasteiger partial charge in [0.2, 0.25) is 5.91 Å². The van der Waals surface area contributed by atoms with Gasteiger partial charge in [0.1, 0.15) is 24.4 Å². The molecule has 1 rings (SSSR count). The number of thiol groups is 1. The van der Waals surface area contributed by atoms with Gasteiger partial charge in [-0.3, -0.25) is 4.79 Å². The second-order valence-corrected chi connectivity index (χ2v) is 4.24. The maximum atomic E-state index is 11.3. The Morgan fingerprint density at radius 1 is 1.29 bits per heavy atom. The number of amides is 1. The summed E-state index contributed by atoms with van der Waals surface area (Å²) in [6.07, 6.45) is -5.20.